The highest BCUT2D eigenvalue weighted by Gasteiger charge is 2.32. The summed E-state index contributed by atoms with van der Waals surface area (Å²) in [5, 5.41) is 16.0. The fourth-order valence-electron chi connectivity index (χ4n) is 4.29. The fourth-order valence-corrected chi connectivity index (χ4v) is 4.72. The van der Waals surface area contributed by atoms with Crippen molar-refractivity contribution >= 4 is 61.4 Å². The summed E-state index contributed by atoms with van der Waals surface area (Å²) in [6.07, 6.45) is 7.75. The molecule has 0 saturated heterocycles. The van der Waals surface area contributed by atoms with Gasteiger partial charge in [0, 0.05) is 34.1 Å². The lowest BCUT2D eigenvalue weighted by atomic mass is 10.1. The Morgan fingerprint density at radius 3 is 2.77 bits per heavy atom. The Labute approximate surface area is 239 Å². The molecule has 1 aliphatic rings. The minimum Gasteiger partial charge on any atom is -0.358 e. The first-order valence-corrected chi connectivity index (χ1v) is 13.5. The Balaban J connectivity index is 1.41. The zero-order valence-electron chi connectivity index (χ0n) is 21.8. The smallest absolute Gasteiger partial charge is 0.358 e. The number of carbonyl (C=O) groups excluding carboxylic acids is 1. The average Bonchev–Trinajstić information content (AvgIpc) is 3.29. The molecule has 2 aromatic heterocycles. The predicted octanol–water partition coefficient (Wildman–Crippen LogP) is 5.67. The number of fused-ring (bicyclic) bond motifs is 1. The first-order chi connectivity index (χ1) is 18.5. The number of halogens is 2. The minimum absolute atomic E-state index is 0.0402. The molecule has 12 heteroatoms. The van der Waals surface area contributed by atoms with E-state index in [-0.39, 0.29) is 18.0 Å². The van der Waals surface area contributed by atoms with Crippen LogP contribution in [-0.4, -0.2) is 63.0 Å². The van der Waals surface area contributed by atoms with Crippen LogP contribution in [0.2, 0.25) is 5.02 Å². The van der Waals surface area contributed by atoms with Crippen LogP contribution in [0.4, 0.5) is 11.5 Å². The molecule has 202 valence electrons. The molecule has 0 radical (unpaired) electrons. The summed E-state index contributed by atoms with van der Waals surface area (Å²) in [5.41, 5.74) is 3.55. The van der Waals surface area contributed by atoms with Gasteiger partial charge in [0.25, 0.3) is 0 Å². The van der Waals surface area contributed by atoms with Crippen molar-refractivity contribution in [2.75, 3.05) is 32.5 Å². The van der Waals surface area contributed by atoms with Crippen LogP contribution in [-0.2, 0) is 11.2 Å². The van der Waals surface area contributed by atoms with E-state index >= 15 is 0 Å². The summed E-state index contributed by atoms with van der Waals surface area (Å²) in [6.45, 7) is 2.96. The molecule has 10 nitrogen and oxygen atoms in total. The molecule has 0 fully saturated rings. The molecule has 0 bridgehead atoms. The van der Waals surface area contributed by atoms with Crippen molar-refractivity contribution in [3.8, 4) is 0 Å². The van der Waals surface area contributed by atoms with Gasteiger partial charge in [-0.3, -0.25) is 9.78 Å². The van der Waals surface area contributed by atoms with E-state index in [1.807, 2.05) is 33.2 Å². The second kappa shape index (κ2) is 12.1. The van der Waals surface area contributed by atoms with Gasteiger partial charge in [-0.15, -0.1) is 0 Å². The molecule has 0 spiro atoms. The molecule has 1 N–H and O–H groups in total. The van der Waals surface area contributed by atoms with Crippen molar-refractivity contribution in [3.63, 3.8) is 0 Å². The second-order valence-corrected chi connectivity index (χ2v) is 11.1. The number of nitrogens with zero attached hydrogens (tertiary/aromatic N) is 6. The number of pyridine rings is 1. The van der Waals surface area contributed by atoms with Gasteiger partial charge in [0.05, 0.1) is 49.4 Å². The SMILES string of the molecule is CCC1=NC([N+](=O)[O-])=C(C[N+](C)(C)C/C=C/C(=O)Cc2cc3c(Nc4ccc(Br)c(Cl)c4)ncnc3cn2)C1. The fraction of sp³-hybridized carbons (Fsp3) is 0.296. The number of quaternary nitrogens is 1. The van der Waals surface area contributed by atoms with Gasteiger partial charge in [0.2, 0.25) is 0 Å². The van der Waals surface area contributed by atoms with Crippen molar-refractivity contribution in [2.45, 2.75) is 26.2 Å². The van der Waals surface area contributed by atoms with Crippen molar-refractivity contribution in [3.05, 3.63) is 85.6 Å². The Bertz CT molecular complexity index is 1540. The van der Waals surface area contributed by atoms with Gasteiger partial charge in [-0.25, -0.2) is 9.97 Å². The number of hydrogen-bond donors (Lipinski definition) is 1. The second-order valence-electron chi connectivity index (χ2n) is 9.88. The Morgan fingerprint density at radius 2 is 2.05 bits per heavy atom. The molecule has 0 aliphatic carbocycles. The summed E-state index contributed by atoms with van der Waals surface area (Å²) in [4.78, 5) is 40.9. The summed E-state index contributed by atoms with van der Waals surface area (Å²) < 4.78 is 1.25. The molecule has 0 unspecified atom stereocenters. The predicted molar refractivity (Wildman–Crippen MR) is 156 cm³/mol. The summed E-state index contributed by atoms with van der Waals surface area (Å²) in [6, 6.07) is 7.31. The number of hydrogen-bond acceptors (Lipinski definition) is 8. The molecule has 0 amide bonds. The van der Waals surface area contributed by atoms with E-state index < -0.39 is 4.92 Å². The number of aromatic nitrogens is 3. The molecule has 4 rings (SSSR count). The maximum Gasteiger partial charge on any atom is 0.368 e. The van der Waals surface area contributed by atoms with E-state index in [0.29, 0.717) is 52.5 Å². The summed E-state index contributed by atoms with van der Waals surface area (Å²) in [7, 11) is 3.95. The van der Waals surface area contributed by atoms with Gasteiger partial charge in [-0.2, -0.15) is 0 Å². The van der Waals surface area contributed by atoms with Gasteiger partial charge in [0.15, 0.2) is 5.78 Å². The lowest BCUT2D eigenvalue weighted by Gasteiger charge is -2.28. The van der Waals surface area contributed by atoms with Crippen LogP contribution in [0.25, 0.3) is 10.9 Å². The molecule has 1 aliphatic heterocycles. The van der Waals surface area contributed by atoms with Crippen molar-refractivity contribution in [1.82, 2.24) is 15.0 Å². The molecule has 0 saturated carbocycles. The third-order valence-corrected chi connectivity index (χ3v) is 7.45. The number of anilines is 2. The van der Waals surface area contributed by atoms with Crippen molar-refractivity contribution in [1.29, 1.82) is 0 Å². The van der Waals surface area contributed by atoms with Gasteiger partial charge in [-0.1, -0.05) is 18.5 Å². The number of likely N-dealkylation sites (N-methyl/N-ethyl adjacent to an activating group) is 1. The lowest BCUT2D eigenvalue weighted by molar-refractivity contribution is -0.880. The first-order valence-electron chi connectivity index (χ1n) is 12.3. The Kier molecular flexibility index (Phi) is 8.83. The zero-order valence-corrected chi connectivity index (χ0v) is 24.2. The molecule has 39 heavy (non-hydrogen) atoms. The maximum absolute atomic E-state index is 12.7. The van der Waals surface area contributed by atoms with Crippen LogP contribution in [0, 0.1) is 10.1 Å². The average molecular weight is 614 g/mol. The van der Waals surface area contributed by atoms with E-state index in [9.17, 15) is 14.9 Å². The highest BCUT2D eigenvalue weighted by molar-refractivity contribution is 9.10. The van der Waals surface area contributed by atoms with Gasteiger partial charge in [0.1, 0.15) is 24.4 Å². The van der Waals surface area contributed by atoms with E-state index in [0.717, 1.165) is 26.8 Å². The number of aliphatic imine (C=N–C) groups is 1. The number of benzene rings is 1. The molecule has 3 aromatic rings. The monoisotopic (exact) mass is 612 g/mol. The Morgan fingerprint density at radius 1 is 1.26 bits per heavy atom. The van der Waals surface area contributed by atoms with Crippen LogP contribution in [0.3, 0.4) is 0 Å². The maximum atomic E-state index is 12.7. The Hall–Kier alpha value is -3.54. The van der Waals surface area contributed by atoms with Crippen LogP contribution in [0.5, 0.6) is 0 Å². The van der Waals surface area contributed by atoms with E-state index in [4.69, 9.17) is 11.6 Å². The van der Waals surface area contributed by atoms with Crippen molar-refractivity contribution < 1.29 is 14.2 Å². The van der Waals surface area contributed by atoms with Crippen LogP contribution in [0.1, 0.15) is 25.5 Å². The third kappa shape index (κ3) is 7.31. The summed E-state index contributed by atoms with van der Waals surface area (Å²) in [5.74, 6) is 0.437. The quantitative estimate of drug-likeness (QED) is 0.128. The number of ketones is 1. The topological polar surface area (TPSA) is 123 Å². The molecular formula is C27H28BrClN7O3+. The van der Waals surface area contributed by atoms with Gasteiger partial charge in [-0.05, 0) is 62.3 Å². The molecule has 1 aromatic carbocycles. The van der Waals surface area contributed by atoms with E-state index in [1.54, 1.807) is 30.5 Å². The normalized spacial score (nSPS) is 13.8. The molecular weight excluding hydrogens is 586 g/mol. The number of allylic oxidation sites excluding steroid dienone is 1. The van der Waals surface area contributed by atoms with Crippen molar-refractivity contribution in [2.24, 2.45) is 4.99 Å². The summed E-state index contributed by atoms with van der Waals surface area (Å²) >= 11 is 9.60. The van der Waals surface area contributed by atoms with Crippen LogP contribution >= 0.6 is 27.5 Å². The zero-order chi connectivity index (χ0) is 28.2. The number of nitro groups is 1. The number of rotatable bonds is 11. The minimum atomic E-state index is -0.409. The van der Waals surface area contributed by atoms with Gasteiger partial charge >= 0.3 is 5.82 Å². The van der Waals surface area contributed by atoms with E-state index in [2.05, 4.69) is 41.2 Å². The largest absolute Gasteiger partial charge is 0.368 e. The lowest BCUT2D eigenvalue weighted by Crippen LogP contribution is -2.41. The third-order valence-electron chi connectivity index (χ3n) is 6.22. The molecule has 0 atom stereocenters. The van der Waals surface area contributed by atoms with E-state index in [1.165, 1.54) is 6.33 Å². The molecule has 3 heterocycles. The number of carbonyl (C=O) groups is 1. The van der Waals surface area contributed by atoms with Crippen LogP contribution < -0.4 is 5.32 Å². The highest BCUT2D eigenvalue weighted by Crippen LogP contribution is 2.29. The van der Waals surface area contributed by atoms with Gasteiger partial charge < -0.3 is 19.9 Å². The standard InChI is InChI=1S/C27H28BrClN7O3/c1-4-18-10-17(27(34-18)35(38)39)15-36(2,3)9-5-6-21(37)11-20-12-22-25(14-30-20)31-16-32-26(22)33-19-7-8-23(28)24(29)13-19/h5-8,12-14,16H,4,9-11,15H2,1-3H3,(H,31,32,33)/q+1/b6-5+. The van der Waals surface area contributed by atoms with Crippen LogP contribution in [0.15, 0.2) is 69.8 Å². The number of nitrogens with one attached hydrogen (secondary N) is 1. The highest BCUT2D eigenvalue weighted by atomic mass is 79.9. The first kappa shape index (κ1) is 28.5.